The molecule has 0 aliphatic carbocycles. The topological polar surface area (TPSA) is 24.5 Å². The van der Waals surface area contributed by atoms with Crippen LogP contribution in [0, 0.1) is 0 Å². The molecule has 2 unspecified atom stereocenters. The number of rotatable bonds is 7. The Bertz CT molecular complexity index is 173. The van der Waals surface area contributed by atoms with Gasteiger partial charge in [0.2, 0.25) is 0 Å². The average molecular weight is 228 g/mol. The lowest BCUT2D eigenvalue weighted by atomic mass is 9.99. The predicted octanol–water partition coefficient (Wildman–Crippen LogP) is 1.88. The van der Waals surface area contributed by atoms with Gasteiger partial charge in [-0.3, -0.25) is 0 Å². The van der Waals surface area contributed by atoms with Crippen LogP contribution in [0.25, 0.3) is 0 Å². The highest BCUT2D eigenvalue weighted by molar-refractivity contribution is 4.77. The third-order valence-corrected chi connectivity index (χ3v) is 3.51. The first-order valence-corrected chi connectivity index (χ1v) is 6.74. The van der Waals surface area contributed by atoms with Crippen LogP contribution in [0.15, 0.2) is 0 Å². The van der Waals surface area contributed by atoms with Gasteiger partial charge in [0, 0.05) is 12.6 Å². The molecule has 2 atom stereocenters. The van der Waals surface area contributed by atoms with Crippen molar-refractivity contribution in [2.45, 2.75) is 51.2 Å². The monoisotopic (exact) mass is 228 g/mol. The van der Waals surface area contributed by atoms with Crippen molar-refractivity contribution >= 4 is 0 Å². The highest BCUT2D eigenvalue weighted by atomic mass is 16.5. The molecule has 1 N–H and O–H groups in total. The van der Waals surface area contributed by atoms with Gasteiger partial charge >= 0.3 is 0 Å². The molecule has 96 valence electrons. The first kappa shape index (κ1) is 13.9. The van der Waals surface area contributed by atoms with E-state index in [-0.39, 0.29) is 0 Å². The Morgan fingerprint density at radius 1 is 1.44 bits per heavy atom. The Balaban J connectivity index is 2.23. The third-order valence-electron chi connectivity index (χ3n) is 3.51. The predicted molar refractivity (Wildman–Crippen MR) is 68.8 cm³/mol. The van der Waals surface area contributed by atoms with Crippen LogP contribution in [-0.2, 0) is 4.74 Å². The average Bonchev–Trinajstić information content (AvgIpc) is 2.30. The summed E-state index contributed by atoms with van der Waals surface area (Å²) in [6, 6.07) is 0.738. The minimum Gasteiger partial charge on any atom is -0.378 e. The van der Waals surface area contributed by atoms with Gasteiger partial charge in [0.05, 0.1) is 6.10 Å². The van der Waals surface area contributed by atoms with Gasteiger partial charge in [0.1, 0.15) is 0 Å². The smallest absolute Gasteiger partial charge is 0.0590 e. The van der Waals surface area contributed by atoms with Crippen LogP contribution >= 0.6 is 0 Å². The lowest BCUT2D eigenvalue weighted by Gasteiger charge is -2.35. The maximum atomic E-state index is 5.79. The van der Waals surface area contributed by atoms with Crippen LogP contribution < -0.4 is 5.32 Å². The molecule has 0 radical (unpaired) electrons. The minimum atomic E-state index is 0.510. The fraction of sp³-hybridized carbons (Fsp3) is 1.00. The lowest BCUT2D eigenvalue weighted by molar-refractivity contribution is -0.0258. The van der Waals surface area contributed by atoms with Crippen molar-refractivity contribution in [3.05, 3.63) is 0 Å². The van der Waals surface area contributed by atoms with E-state index in [0.717, 1.165) is 19.2 Å². The van der Waals surface area contributed by atoms with Gasteiger partial charge < -0.3 is 15.0 Å². The van der Waals surface area contributed by atoms with E-state index >= 15 is 0 Å². The molecule has 1 rings (SSSR count). The van der Waals surface area contributed by atoms with Gasteiger partial charge in [-0.2, -0.15) is 0 Å². The Labute approximate surface area is 101 Å². The van der Waals surface area contributed by atoms with E-state index in [9.17, 15) is 0 Å². The van der Waals surface area contributed by atoms with E-state index in [1.54, 1.807) is 0 Å². The molecule has 3 heteroatoms. The largest absolute Gasteiger partial charge is 0.378 e. The van der Waals surface area contributed by atoms with E-state index in [1.807, 2.05) is 7.05 Å². The molecule has 0 aromatic carbocycles. The Morgan fingerprint density at radius 3 is 2.94 bits per heavy atom. The van der Waals surface area contributed by atoms with Crippen molar-refractivity contribution in [2.75, 3.05) is 33.8 Å². The Hall–Kier alpha value is -0.120. The molecular formula is C13H28N2O. The zero-order chi connectivity index (χ0) is 11.8. The van der Waals surface area contributed by atoms with E-state index in [1.165, 1.54) is 38.6 Å². The van der Waals surface area contributed by atoms with Crippen LogP contribution in [0.5, 0.6) is 0 Å². The summed E-state index contributed by atoms with van der Waals surface area (Å²) >= 11 is 0. The fourth-order valence-electron chi connectivity index (χ4n) is 2.47. The molecule has 1 heterocycles. The molecule has 0 aromatic heterocycles. The number of nitrogens with one attached hydrogen (secondary N) is 1. The second-order valence-electron chi connectivity index (χ2n) is 4.90. The summed E-state index contributed by atoms with van der Waals surface area (Å²) in [4.78, 5) is 2.52. The van der Waals surface area contributed by atoms with Crippen LogP contribution in [0.1, 0.15) is 39.0 Å². The fourth-order valence-corrected chi connectivity index (χ4v) is 2.47. The Kier molecular flexibility index (Phi) is 7.01. The lowest BCUT2D eigenvalue weighted by Crippen LogP contribution is -2.41. The van der Waals surface area contributed by atoms with E-state index in [2.05, 4.69) is 24.2 Å². The molecule has 0 bridgehead atoms. The summed E-state index contributed by atoms with van der Waals surface area (Å²) in [6.45, 7) is 5.51. The van der Waals surface area contributed by atoms with E-state index in [0.29, 0.717) is 6.10 Å². The molecule has 0 aromatic rings. The first-order valence-electron chi connectivity index (χ1n) is 6.74. The quantitative estimate of drug-likeness (QED) is 0.673. The van der Waals surface area contributed by atoms with Crippen molar-refractivity contribution in [1.29, 1.82) is 0 Å². The highest BCUT2D eigenvalue weighted by Crippen LogP contribution is 2.21. The molecule has 0 saturated carbocycles. The van der Waals surface area contributed by atoms with Gasteiger partial charge in [0.15, 0.2) is 0 Å². The normalized spacial score (nSPS) is 26.2. The van der Waals surface area contributed by atoms with Crippen molar-refractivity contribution in [2.24, 2.45) is 0 Å². The second kappa shape index (κ2) is 8.04. The molecular weight excluding hydrogens is 200 g/mol. The third kappa shape index (κ3) is 4.81. The highest BCUT2D eigenvalue weighted by Gasteiger charge is 2.24. The number of ether oxygens (including phenoxy) is 1. The molecule has 0 amide bonds. The standard InChI is InChI=1S/C13H28N2O/c1-4-6-13-11-12(7-10-16-13)15(3)9-5-8-14-2/h12-14H,4-11H2,1-3H3. The SMILES string of the molecule is CCCC1CC(N(C)CCCNC)CCO1. The maximum absolute atomic E-state index is 5.79. The van der Waals surface area contributed by atoms with Gasteiger partial charge in [-0.05, 0) is 52.9 Å². The summed E-state index contributed by atoms with van der Waals surface area (Å²) in [5.74, 6) is 0. The van der Waals surface area contributed by atoms with E-state index < -0.39 is 0 Å². The van der Waals surface area contributed by atoms with Gasteiger partial charge in [-0.25, -0.2) is 0 Å². The zero-order valence-corrected chi connectivity index (χ0v) is 11.2. The molecule has 1 fully saturated rings. The number of nitrogens with zero attached hydrogens (tertiary/aromatic N) is 1. The number of hydrogen-bond acceptors (Lipinski definition) is 3. The summed E-state index contributed by atoms with van der Waals surface area (Å²) in [5.41, 5.74) is 0. The minimum absolute atomic E-state index is 0.510. The van der Waals surface area contributed by atoms with E-state index in [4.69, 9.17) is 4.74 Å². The maximum Gasteiger partial charge on any atom is 0.0590 e. The van der Waals surface area contributed by atoms with Crippen LogP contribution in [-0.4, -0.2) is 50.8 Å². The van der Waals surface area contributed by atoms with Crippen molar-refractivity contribution in [3.8, 4) is 0 Å². The summed E-state index contributed by atoms with van der Waals surface area (Å²) in [6.07, 6.45) is 6.64. The molecule has 1 aliphatic heterocycles. The first-order chi connectivity index (χ1) is 7.77. The second-order valence-corrected chi connectivity index (χ2v) is 4.90. The van der Waals surface area contributed by atoms with Crippen molar-refractivity contribution in [3.63, 3.8) is 0 Å². The number of hydrogen-bond donors (Lipinski definition) is 1. The van der Waals surface area contributed by atoms with Crippen LogP contribution in [0.2, 0.25) is 0 Å². The molecule has 16 heavy (non-hydrogen) atoms. The summed E-state index contributed by atoms with van der Waals surface area (Å²) < 4.78 is 5.79. The van der Waals surface area contributed by atoms with Crippen molar-refractivity contribution < 1.29 is 4.74 Å². The van der Waals surface area contributed by atoms with Gasteiger partial charge in [0.25, 0.3) is 0 Å². The van der Waals surface area contributed by atoms with Gasteiger partial charge in [-0.1, -0.05) is 13.3 Å². The zero-order valence-electron chi connectivity index (χ0n) is 11.2. The molecule has 0 spiro atoms. The van der Waals surface area contributed by atoms with Gasteiger partial charge in [-0.15, -0.1) is 0 Å². The Morgan fingerprint density at radius 2 is 2.25 bits per heavy atom. The molecule has 3 nitrogen and oxygen atoms in total. The molecule has 1 aliphatic rings. The summed E-state index contributed by atoms with van der Waals surface area (Å²) in [5, 5.41) is 3.20. The van der Waals surface area contributed by atoms with Crippen molar-refractivity contribution in [1.82, 2.24) is 10.2 Å². The summed E-state index contributed by atoms with van der Waals surface area (Å²) in [7, 11) is 4.28. The molecule has 1 saturated heterocycles. The van der Waals surface area contributed by atoms with Crippen LogP contribution in [0.4, 0.5) is 0 Å². The van der Waals surface area contributed by atoms with Crippen LogP contribution in [0.3, 0.4) is 0 Å².